The molecule has 1 atom stereocenters. The Hall–Kier alpha value is -1.39. The minimum absolute atomic E-state index is 0.146. The summed E-state index contributed by atoms with van der Waals surface area (Å²) in [5.41, 5.74) is 0.597. The number of anilines is 1. The summed E-state index contributed by atoms with van der Waals surface area (Å²) in [6.45, 7) is 0. The average Bonchev–Trinajstić information content (AvgIpc) is 3.02. The maximum Gasteiger partial charge on any atom is 0.251 e. The third-order valence-electron chi connectivity index (χ3n) is 4.02. The van der Waals surface area contributed by atoms with Gasteiger partial charge >= 0.3 is 0 Å². The molecular weight excluding hydrogens is 276 g/mol. The zero-order chi connectivity index (χ0) is 14.1. The van der Waals surface area contributed by atoms with Crippen LogP contribution in [0.15, 0.2) is 24.3 Å². The molecule has 0 bridgehead atoms. The van der Waals surface area contributed by atoms with Gasteiger partial charge in [-0.05, 0) is 37.1 Å². The number of benzene rings is 1. The Balaban J connectivity index is 1.74. The van der Waals surface area contributed by atoms with Gasteiger partial charge < -0.3 is 5.32 Å². The van der Waals surface area contributed by atoms with Crippen LogP contribution in [0, 0.1) is 0 Å². The highest BCUT2D eigenvalue weighted by molar-refractivity contribution is 6.30. The largest absolute Gasteiger partial charge is 0.303 e. The predicted molar refractivity (Wildman–Crippen MR) is 77.7 cm³/mol. The second-order valence-corrected chi connectivity index (χ2v) is 5.88. The minimum atomic E-state index is -0.374. The van der Waals surface area contributed by atoms with E-state index in [1.165, 1.54) is 17.7 Å². The molecule has 1 aliphatic carbocycles. The summed E-state index contributed by atoms with van der Waals surface area (Å²) in [6, 6.07) is 6.79. The maximum atomic E-state index is 12.4. The van der Waals surface area contributed by atoms with Gasteiger partial charge in [0.05, 0.1) is 18.2 Å². The number of carbonyl (C=O) groups excluding carboxylic acids is 2. The van der Waals surface area contributed by atoms with Crippen molar-refractivity contribution in [1.29, 1.82) is 0 Å². The molecule has 5 heteroatoms. The minimum Gasteiger partial charge on any atom is -0.303 e. The van der Waals surface area contributed by atoms with Crippen LogP contribution in [0.3, 0.4) is 0 Å². The average molecular weight is 293 g/mol. The first-order valence-corrected chi connectivity index (χ1v) is 7.41. The van der Waals surface area contributed by atoms with Gasteiger partial charge in [-0.1, -0.05) is 24.4 Å². The van der Waals surface area contributed by atoms with E-state index in [1.54, 1.807) is 24.3 Å². The van der Waals surface area contributed by atoms with Crippen LogP contribution in [0.4, 0.5) is 5.69 Å². The maximum absolute atomic E-state index is 12.4. The fourth-order valence-electron chi connectivity index (χ4n) is 3.00. The number of amides is 2. The third-order valence-corrected chi connectivity index (χ3v) is 4.28. The summed E-state index contributed by atoms with van der Waals surface area (Å²) in [5, 5.41) is 3.92. The van der Waals surface area contributed by atoms with E-state index in [9.17, 15) is 9.59 Å². The van der Waals surface area contributed by atoms with Crippen molar-refractivity contribution in [3.05, 3.63) is 29.3 Å². The molecule has 1 N–H and O–H groups in total. The summed E-state index contributed by atoms with van der Waals surface area (Å²) in [4.78, 5) is 25.8. The van der Waals surface area contributed by atoms with Crippen LogP contribution >= 0.6 is 11.6 Å². The zero-order valence-corrected chi connectivity index (χ0v) is 11.9. The fourth-order valence-corrected chi connectivity index (χ4v) is 3.13. The van der Waals surface area contributed by atoms with Crippen LogP contribution in [0.25, 0.3) is 0 Å². The number of rotatable bonds is 3. The van der Waals surface area contributed by atoms with Gasteiger partial charge in [0.2, 0.25) is 5.91 Å². The normalized spacial score (nSPS) is 23.9. The SMILES string of the molecule is O=C1CC(NC2CCCC2)C(=O)N1c1ccc(Cl)cc1. The quantitative estimate of drug-likeness (QED) is 0.871. The zero-order valence-electron chi connectivity index (χ0n) is 11.1. The lowest BCUT2D eigenvalue weighted by Gasteiger charge is -2.18. The lowest BCUT2D eigenvalue weighted by Crippen LogP contribution is -2.42. The van der Waals surface area contributed by atoms with Crippen molar-refractivity contribution in [3.63, 3.8) is 0 Å². The molecule has 2 amide bonds. The van der Waals surface area contributed by atoms with Crippen molar-refractivity contribution < 1.29 is 9.59 Å². The van der Waals surface area contributed by atoms with Crippen molar-refractivity contribution in [3.8, 4) is 0 Å². The fraction of sp³-hybridized carbons (Fsp3) is 0.467. The van der Waals surface area contributed by atoms with E-state index in [0.717, 1.165) is 12.8 Å². The second-order valence-electron chi connectivity index (χ2n) is 5.45. The molecule has 1 aromatic carbocycles. The number of hydrogen-bond acceptors (Lipinski definition) is 3. The summed E-state index contributed by atoms with van der Waals surface area (Å²) in [5.74, 6) is -0.294. The summed E-state index contributed by atoms with van der Waals surface area (Å²) < 4.78 is 0. The molecule has 0 spiro atoms. The van der Waals surface area contributed by atoms with E-state index in [4.69, 9.17) is 11.6 Å². The second kappa shape index (κ2) is 5.54. The van der Waals surface area contributed by atoms with Gasteiger partial charge in [-0.15, -0.1) is 0 Å². The van der Waals surface area contributed by atoms with Crippen LogP contribution in [0.5, 0.6) is 0 Å². The highest BCUT2D eigenvalue weighted by Gasteiger charge is 2.40. The number of carbonyl (C=O) groups is 2. The van der Waals surface area contributed by atoms with Crippen LogP contribution in [-0.4, -0.2) is 23.9 Å². The van der Waals surface area contributed by atoms with Crippen molar-refractivity contribution in [2.75, 3.05) is 4.90 Å². The first-order chi connectivity index (χ1) is 9.65. The number of nitrogens with zero attached hydrogens (tertiary/aromatic N) is 1. The molecule has 2 fully saturated rings. The molecule has 1 aromatic rings. The van der Waals surface area contributed by atoms with Crippen molar-refractivity contribution >= 4 is 29.1 Å². The first-order valence-electron chi connectivity index (χ1n) is 7.03. The van der Waals surface area contributed by atoms with Gasteiger partial charge in [0.15, 0.2) is 0 Å². The number of hydrogen-bond donors (Lipinski definition) is 1. The monoisotopic (exact) mass is 292 g/mol. The van der Waals surface area contributed by atoms with E-state index >= 15 is 0 Å². The van der Waals surface area contributed by atoms with Crippen LogP contribution < -0.4 is 10.2 Å². The Bertz CT molecular complexity index is 523. The standard InChI is InChI=1S/C15H17ClN2O2/c16-10-5-7-12(8-6-10)18-14(19)9-13(15(18)20)17-11-3-1-2-4-11/h5-8,11,13,17H,1-4,9H2. The van der Waals surface area contributed by atoms with Gasteiger partial charge in [-0.2, -0.15) is 0 Å². The first kappa shape index (κ1) is 13.6. The highest BCUT2D eigenvalue weighted by Crippen LogP contribution is 2.26. The molecule has 0 radical (unpaired) electrons. The summed E-state index contributed by atoms with van der Waals surface area (Å²) in [7, 11) is 0. The molecule has 1 saturated heterocycles. The van der Waals surface area contributed by atoms with E-state index in [1.807, 2.05) is 0 Å². The third kappa shape index (κ3) is 2.58. The van der Waals surface area contributed by atoms with Crippen molar-refractivity contribution in [1.82, 2.24) is 5.32 Å². The van der Waals surface area contributed by atoms with Gasteiger partial charge in [0.1, 0.15) is 0 Å². The van der Waals surface area contributed by atoms with Gasteiger partial charge in [-0.25, -0.2) is 4.90 Å². The molecule has 3 rings (SSSR count). The molecule has 1 aliphatic heterocycles. The van der Waals surface area contributed by atoms with E-state index in [0.29, 0.717) is 16.8 Å². The Kier molecular flexibility index (Phi) is 3.76. The van der Waals surface area contributed by atoms with Crippen molar-refractivity contribution in [2.45, 2.75) is 44.2 Å². The molecule has 106 valence electrons. The smallest absolute Gasteiger partial charge is 0.251 e. The molecule has 1 heterocycles. The van der Waals surface area contributed by atoms with Gasteiger partial charge in [-0.3, -0.25) is 9.59 Å². The Morgan fingerprint density at radius 2 is 1.75 bits per heavy atom. The highest BCUT2D eigenvalue weighted by atomic mass is 35.5. The van der Waals surface area contributed by atoms with Crippen LogP contribution in [-0.2, 0) is 9.59 Å². The van der Waals surface area contributed by atoms with E-state index in [-0.39, 0.29) is 24.3 Å². The molecule has 2 aliphatic rings. The number of nitrogens with one attached hydrogen (secondary N) is 1. The predicted octanol–water partition coefficient (Wildman–Crippen LogP) is 2.50. The van der Waals surface area contributed by atoms with Crippen molar-refractivity contribution in [2.24, 2.45) is 0 Å². The number of imide groups is 1. The molecule has 20 heavy (non-hydrogen) atoms. The van der Waals surface area contributed by atoms with Gasteiger partial charge in [0.25, 0.3) is 5.91 Å². The lowest BCUT2D eigenvalue weighted by atomic mass is 10.2. The molecular formula is C15H17ClN2O2. The Morgan fingerprint density at radius 1 is 1.10 bits per heavy atom. The molecule has 1 saturated carbocycles. The molecule has 4 nitrogen and oxygen atoms in total. The molecule has 0 aromatic heterocycles. The topological polar surface area (TPSA) is 49.4 Å². The van der Waals surface area contributed by atoms with Gasteiger partial charge in [0, 0.05) is 11.1 Å². The van der Waals surface area contributed by atoms with E-state index < -0.39 is 0 Å². The lowest BCUT2D eigenvalue weighted by molar-refractivity contribution is -0.121. The Labute approximate surface area is 123 Å². The number of halogens is 1. The van der Waals surface area contributed by atoms with Crippen LogP contribution in [0.2, 0.25) is 5.02 Å². The molecule has 1 unspecified atom stereocenters. The van der Waals surface area contributed by atoms with Crippen LogP contribution in [0.1, 0.15) is 32.1 Å². The van der Waals surface area contributed by atoms with E-state index in [2.05, 4.69) is 5.32 Å². The summed E-state index contributed by atoms with van der Waals surface area (Å²) in [6.07, 6.45) is 4.84. The Morgan fingerprint density at radius 3 is 2.40 bits per heavy atom. The summed E-state index contributed by atoms with van der Waals surface area (Å²) >= 11 is 5.83.